The molecule has 0 saturated carbocycles. The van der Waals surface area contributed by atoms with Crippen molar-refractivity contribution in [2.24, 2.45) is 17.6 Å². The molecule has 18 heavy (non-hydrogen) atoms. The largest absolute Gasteiger partial charge is 0.352 e. The van der Waals surface area contributed by atoms with Gasteiger partial charge in [0, 0.05) is 19.0 Å². The predicted molar refractivity (Wildman–Crippen MR) is 75.0 cm³/mol. The molecule has 0 heterocycles. The van der Waals surface area contributed by atoms with E-state index in [0.29, 0.717) is 19.0 Å². The molecule has 0 aromatic heterocycles. The van der Waals surface area contributed by atoms with Crippen molar-refractivity contribution in [1.29, 1.82) is 0 Å². The number of benzene rings is 1. The maximum atomic E-state index is 11.6. The zero-order valence-corrected chi connectivity index (χ0v) is 11.6. The summed E-state index contributed by atoms with van der Waals surface area (Å²) in [6, 6.07) is 8.41. The average Bonchev–Trinajstić information content (AvgIpc) is 2.36. The number of nitrogens with one attached hydrogen (secondary N) is 1. The normalized spacial score (nSPS) is 12.5. The van der Waals surface area contributed by atoms with E-state index in [9.17, 15) is 4.79 Å². The second-order valence-electron chi connectivity index (χ2n) is 5.27. The third-order valence-corrected chi connectivity index (χ3v) is 2.93. The number of amides is 1. The smallest absolute Gasteiger partial charge is 0.224 e. The van der Waals surface area contributed by atoms with Crippen LogP contribution < -0.4 is 11.1 Å². The molecule has 3 nitrogen and oxygen atoms in total. The van der Waals surface area contributed by atoms with Crippen LogP contribution in [0.3, 0.4) is 0 Å². The Kier molecular flexibility index (Phi) is 5.86. The summed E-state index contributed by atoms with van der Waals surface area (Å²) in [5, 5.41) is 2.89. The van der Waals surface area contributed by atoms with Crippen LogP contribution in [0.25, 0.3) is 0 Å². The van der Waals surface area contributed by atoms with Gasteiger partial charge in [-0.2, -0.15) is 0 Å². The van der Waals surface area contributed by atoms with E-state index in [1.54, 1.807) is 0 Å². The molecular weight excluding hydrogens is 224 g/mol. The number of rotatable bonds is 6. The summed E-state index contributed by atoms with van der Waals surface area (Å²) in [6.45, 7) is 7.22. The summed E-state index contributed by atoms with van der Waals surface area (Å²) in [5.74, 6) is 0.565. The first-order valence-electron chi connectivity index (χ1n) is 6.58. The van der Waals surface area contributed by atoms with E-state index in [2.05, 4.69) is 43.4 Å². The Morgan fingerprint density at radius 1 is 1.17 bits per heavy atom. The lowest BCUT2D eigenvalue weighted by molar-refractivity contribution is -0.124. The van der Waals surface area contributed by atoms with Crippen LogP contribution in [0.1, 0.15) is 31.9 Å². The van der Waals surface area contributed by atoms with Gasteiger partial charge in [0.2, 0.25) is 5.91 Å². The summed E-state index contributed by atoms with van der Waals surface area (Å²) < 4.78 is 0. The van der Waals surface area contributed by atoms with Crippen LogP contribution in [0.4, 0.5) is 0 Å². The summed E-state index contributed by atoms with van der Waals surface area (Å²) in [5.41, 5.74) is 7.92. The molecule has 1 rings (SSSR count). The first-order chi connectivity index (χ1) is 8.52. The number of hydrogen-bond donors (Lipinski definition) is 2. The minimum absolute atomic E-state index is 0.0174. The van der Waals surface area contributed by atoms with Gasteiger partial charge in [-0.25, -0.2) is 0 Å². The topological polar surface area (TPSA) is 55.1 Å². The minimum Gasteiger partial charge on any atom is -0.352 e. The molecule has 1 atom stereocenters. The van der Waals surface area contributed by atoms with E-state index in [0.717, 1.165) is 12.0 Å². The van der Waals surface area contributed by atoms with Gasteiger partial charge in [0.15, 0.2) is 0 Å². The van der Waals surface area contributed by atoms with Crippen LogP contribution in [-0.2, 0) is 17.8 Å². The fourth-order valence-electron chi connectivity index (χ4n) is 1.74. The third kappa shape index (κ3) is 4.88. The molecule has 0 bridgehead atoms. The second-order valence-corrected chi connectivity index (χ2v) is 5.27. The van der Waals surface area contributed by atoms with Crippen LogP contribution in [0, 0.1) is 11.8 Å². The highest BCUT2D eigenvalue weighted by Gasteiger charge is 2.09. The molecule has 0 aliphatic rings. The summed E-state index contributed by atoms with van der Waals surface area (Å²) in [6.07, 6.45) is 1.09. The maximum Gasteiger partial charge on any atom is 0.224 e. The molecule has 3 N–H and O–H groups in total. The van der Waals surface area contributed by atoms with Gasteiger partial charge in [0.1, 0.15) is 0 Å². The standard InChI is InChI=1S/C15H24N2O/c1-11(2)8-13-4-6-14(7-5-13)10-17-15(18)12(3)9-16/h4-7,11-12H,8-10,16H2,1-3H3,(H,17,18). The van der Waals surface area contributed by atoms with Crippen molar-refractivity contribution < 1.29 is 4.79 Å². The van der Waals surface area contributed by atoms with E-state index < -0.39 is 0 Å². The van der Waals surface area contributed by atoms with Crippen LogP contribution in [0.15, 0.2) is 24.3 Å². The Balaban J connectivity index is 2.46. The van der Waals surface area contributed by atoms with Gasteiger partial charge in [-0.15, -0.1) is 0 Å². The Morgan fingerprint density at radius 3 is 2.22 bits per heavy atom. The van der Waals surface area contributed by atoms with Crippen molar-refractivity contribution in [3.63, 3.8) is 0 Å². The Morgan fingerprint density at radius 2 is 1.72 bits per heavy atom. The molecule has 0 fully saturated rings. The predicted octanol–water partition coefficient (Wildman–Crippen LogP) is 2.10. The zero-order chi connectivity index (χ0) is 13.5. The first-order valence-corrected chi connectivity index (χ1v) is 6.58. The van der Waals surface area contributed by atoms with Gasteiger partial charge in [-0.1, -0.05) is 45.0 Å². The minimum atomic E-state index is -0.120. The SMILES string of the molecule is CC(C)Cc1ccc(CNC(=O)C(C)CN)cc1. The maximum absolute atomic E-state index is 11.6. The molecular formula is C15H24N2O. The van der Waals surface area contributed by atoms with Gasteiger partial charge in [-0.3, -0.25) is 4.79 Å². The number of carbonyl (C=O) groups is 1. The van der Waals surface area contributed by atoms with Crippen LogP contribution in [-0.4, -0.2) is 12.5 Å². The number of hydrogen-bond acceptors (Lipinski definition) is 2. The molecule has 0 aliphatic carbocycles. The monoisotopic (exact) mass is 248 g/mol. The highest BCUT2D eigenvalue weighted by atomic mass is 16.1. The molecule has 0 aliphatic heterocycles. The van der Waals surface area contributed by atoms with E-state index in [1.807, 2.05) is 6.92 Å². The molecule has 1 unspecified atom stereocenters. The summed E-state index contributed by atoms with van der Waals surface area (Å²) in [7, 11) is 0. The molecule has 1 aromatic carbocycles. The average molecular weight is 248 g/mol. The molecule has 0 saturated heterocycles. The van der Waals surface area contributed by atoms with Crippen molar-refractivity contribution in [2.45, 2.75) is 33.7 Å². The lowest BCUT2D eigenvalue weighted by Gasteiger charge is -2.10. The number of carbonyl (C=O) groups excluding carboxylic acids is 1. The Hall–Kier alpha value is -1.35. The summed E-state index contributed by atoms with van der Waals surface area (Å²) >= 11 is 0. The van der Waals surface area contributed by atoms with Gasteiger partial charge in [-0.05, 0) is 23.5 Å². The molecule has 0 radical (unpaired) electrons. The Bertz CT molecular complexity index is 371. The number of nitrogens with two attached hydrogens (primary N) is 1. The highest BCUT2D eigenvalue weighted by molar-refractivity contribution is 5.78. The van der Waals surface area contributed by atoms with Crippen molar-refractivity contribution in [3.8, 4) is 0 Å². The van der Waals surface area contributed by atoms with Crippen LogP contribution >= 0.6 is 0 Å². The van der Waals surface area contributed by atoms with Gasteiger partial charge in [0.25, 0.3) is 0 Å². The molecule has 1 amide bonds. The first kappa shape index (κ1) is 14.7. The van der Waals surface area contributed by atoms with E-state index >= 15 is 0 Å². The van der Waals surface area contributed by atoms with Gasteiger partial charge in [0.05, 0.1) is 0 Å². The fraction of sp³-hybridized carbons (Fsp3) is 0.533. The van der Waals surface area contributed by atoms with E-state index in [1.165, 1.54) is 5.56 Å². The highest BCUT2D eigenvalue weighted by Crippen LogP contribution is 2.09. The van der Waals surface area contributed by atoms with Crippen molar-refractivity contribution in [2.75, 3.05) is 6.54 Å². The van der Waals surface area contributed by atoms with Crippen LogP contribution in [0.2, 0.25) is 0 Å². The molecule has 1 aromatic rings. The van der Waals surface area contributed by atoms with Gasteiger partial charge >= 0.3 is 0 Å². The third-order valence-electron chi connectivity index (χ3n) is 2.93. The van der Waals surface area contributed by atoms with E-state index in [-0.39, 0.29) is 11.8 Å². The molecule has 3 heteroatoms. The van der Waals surface area contributed by atoms with Crippen LogP contribution in [0.5, 0.6) is 0 Å². The lowest BCUT2D eigenvalue weighted by Crippen LogP contribution is -2.32. The fourth-order valence-corrected chi connectivity index (χ4v) is 1.74. The lowest BCUT2D eigenvalue weighted by atomic mass is 10.0. The Labute approximate surface area is 110 Å². The van der Waals surface area contributed by atoms with E-state index in [4.69, 9.17) is 5.73 Å². The zero-order valence-electron chi connectivity index (χ0n) is 11.6. The van der Waals surface area contributed by atoms with Gasteiger partial charge < -0.3 is 11.1 Å². The molecule has 0 spiro atoms. The van der Waals surface area contributed by atoms with Crippen molar-refractivity contribution >= 4 is 5.91 Å². The second kappa shape index (κ2) is 7.17. The molecule has 100 valence electrons. The van der Waals surface area contributed by atoms with Crippen molar-refractivity contribution in [3.05, 3.63) is 35.4 Å². The summed E-state index contributed by atoms with van der Waals surface area (Å²) in [4.78, 5) is 11.6. The van der Waals surface area contributed by atoms with Crippen molar-refractivity contribution in [1.82, 2.24) is 5.32 Å². The quantitative estimate of drug-likeness (QED) is 0.810.